The molecule has 1 aliphatic heterocycles. The molecule has 0 saturated heterocycles. The Kier molecular flexibility index (Phi) is 2.82. The van der Waals surface area contributed by atoms with Crippen LogP contribution in [0.3, 0.4) is 0 Å². The number of ketones is 1. The summed E-state index contributed by atoms with van der Waals surface area (Å²) in [5.41, 5.74) is 0.403. The lowest BCUT2D eigenvalue weighted by atomic mass is 10.1. The van der Waals surface area contributed by atoms with Crippen LogP contribution in [0.15, 0.2) is 42.5 Å². The fourth-order valence-corrected chi connectivity index (χ4v) is 2.26. The van der Waals surface area contributed by atoms with E-state index in [2.05, 4.69) is 0 Å². The summed E-state index contributed by atoms with van der Waals surface area (Å²) in [6.07, 6.45) is 0. The maximum atomic E-state index is 13.6. The molecule has 0 N–H and O–H groups in total. The van der Waals surface area contributed by atoms with Crippen LogP contribution < -0.4 is 4.90 Å². The normalized spacial score (nSPS) is 13.8. The molecule has 2 aromatic rings. The van der Waals surface area contributed by atoms with Crippen LogP contribution in [-0.2, 0) is 11.3 Å². The van der Waals surface area contributed by atoms with Crippen molar-refractivity contribution in [2.75, 3.05) is 4.90 Å². The predicted octanol–water partition coefficient (Wildman–Crippen LogP) is 2.69. The molecular formula is C15H9F2NO2. The number of hydrogen-bond donors (Lipinski definition) is 0. The van der Waals surface area contributed by atoms with Gasteiger partial charge in [0.15, 0.2) is 0 Å². The van der Waals surface area contributed by atoms with Crippen molar-refractivity contribution in [2.24, 2.45) is 0 Å². The van der Waals surface area contributed by atoms with Crippen molar-refractivity contribution in [2.45, 2.75) is 6.54 Å². The highest BCUT2D eigenvalue weighted by atomic mass is 19.1. The van der Waals surface area contributed by atoms with Crippen molar-refractivity contribution in [3.05, 3.63) is 65.2 Å². The molecule has 100 valence electrons. The minimum absolute atomic E-state index is 0.0126. The van der Waals surface area contributed by atoms with E-state index in [9.17, 15) is 18.4 Å². The third kappa shape index (κ3) is 1.87. The molecule has 0 aliphatic carbocycles. The Morgan fingerprint density at radius 2 is 1.70 bits per heavy atom. The molecule has 1 amide bonds. The number of carbonyl (C=O) groups excluding carboxylic acids is 2. The molecule has 0 radical (unpaired) electrons. The highest BCUT2D eigenvalue weighted by Crippen LogP contribution is 2.33. The van der Waals surface area contributed by atoms with Crippen molar-refractivity contribution >= 4 is 17.4 Å². The lowest BCUT2D eigenvalue weighted by molar-refractivity contribution is -0.114. The number of rotatable bonds is 2. The fraction of sp³-hybridized carbons (Fsp3) is 0.0667. The average Bonchev–Trinajstić information content (AvgIpc) is 2.65. The molecule has 0 aromatic heterocycles. The molecule has 0 atom stereocenters. The van der Waals surface area contributed by atoms with E-state index in [4.69, 9.17) is 0 Å². The lowest BCUT2D eigenvalue weighted by Crippen LogP contribution is -2.29. The van der Waals surface area contributed by atoms with Gasteiger partial charge >= 0.3 is 0 Å². The summed E-state index contributed by atoms with van der Waals surface area (Å²) in [5.74, 6) is -3.60. The van der Waals surface area contributed by atoms with Gasteiger partial charge in [-0.3, -0.25) is 9.59 Å². The Morgan fingerprint density at radius 3 is 2.40 bits per heavy atom. The van der Waals surface area contributed by atoms with E-state index in [1.807, 2.05) is 6.07 Å². The number of anilines is 1. The molecular weight excluding hydrogens is 264 g/mol. The summed E-state index contributed by atoms with van der Waals surface area (Å²) in [6.45, 7) is 0.0985. The number of halogens is 2. The number of carbonyl (C=O) groups is 2. The van der Waals surface area contributed by atoms with Crippen molar-refractivity contribution in [1.82, 2.24) is 0 Å². The van der Waals surface area contributed by atoms with E-state index >= 15 is 0 Å². The van der Waals surface area contributed by atoms with Crippen LogP contribution in [0.1, 0.15) is 15.9 Å². The summed E-state index contributed by atoms with van der Waals surface area (Å²) in [5, 5.41) is 0. The first-order chi connectivity index (χ1) is 9.58. The Morgan fingerprint density at radius 1 is 1.00 bits per heavy atom. The highest BCUT2D eigenvalue weighted by Gasteiger charge is 2.38. The number of fused-ring (bicyclic) bond motifs is 1. The predicted molar refractivity (Wildman–Crippen MR) is 68.3 cm³/mol. The monoisotopic (exact) mass is 273 g/mol. The van der Waals surface area contributed by atoms with Gasteiger partial charge < -0.3 is 4.90 Å². The largest absolute Gasteiger partial charge is 0.300 e. The standard InChI is InChI=1S/C15H9F2NO2/c16-10-6-11(17)13-12(7-10)18(15(20)14(13)19)8-9-4-2-1-3-5-9/h1-7H,8H2. The topological polar surface area (TPSA) is 37.4 Å². The van der Waals surface area contributed by atoms with Gasteiger partial charge in [-0.05, 0) is 11.6 Å². The van der Waals surface area contributed by atoms with Crippen LogP contribution in [0.5, 0.6) is 0 Å². The van der Waals surface area contributed by atoms with E-state index < -0.39 is 23.3 Å². The maximum absolute atomic E-state index is 13.6. The second kappa shape index (κ2) is 4.52. The number of amides is 1. The molecule has 0 saturated carbocycles. The number of Topliss-reactive ketones (excluding diaryl/α,β-unsaturated/α-hetero) is 1. The summed E-state index contributed by atoms with van der Waals surface area (Å²) in [7, 11) is 0. The second-order valence-corrected chi connectivity index (χ2v) is 4.49. The third-order valence-corrected chi connectivity index (χ3v) is 3.17. The number of hydrogen-bond acceptors (Lipinski definition) is 2. The third-order valence-electron chi connectivity index (χ3n) is 3.17. The first kappa shape index (κ1) is 12.5. The molecule has 3 rings (SSSR count). The summed E-state index contributed by atoms with van der Waals surface area (Å²) in [6, 6.07) is 10.5. The molecule has 0 bridgehead atoms. The SMILES string of the molecule is O=C1C(=O)N(Cc2ccccc2)c2cc(F)cc(F)c21. The Labute approximate surface area is 113 Å². The first-order valence-corrected chi connectivity index (χ1v) is 5.97. The quantitative estimate of drug-likeness (QED) is 0.789. The van der Waals surface area contributed by atoms with Crippen molar-refractivity contribution in [3.8, 4) is 0 Å². The minimum atomic E-state index is -1.01. The van der Waals surface area contributed by atoms with Crippen LogP contribution in [0.25, 0.3) is 0 Å². The summed E-state index contributed by atoms with van der Waals surface area (Å²) >= 11 is 0. The van der Waals surface area contributed by atoms with Gasteiger partial charge in [0.05, 0.1) is 17.8 Å². The number of nitrogens with zero attached hydrogens (tertiary/aromatic N) is 1. The van der Waals surface area contributed by atoms with E-state index in [-0.39, 0.29) is 17.8 Å². The average molecular weight is 273 g/mol. The molecule has 1 aliphatic rings. The van der Waals surface area contributed by atoms with Gasteiger partial charge in [0.1, 0.15) is 11.6 Å². The Bertz CT molecular complexity index is 713. The molecule has 0 unspecified atom stereocenters. The van der Waals surface area contributed by atoms with E-state index in [0.29, 0.717) is 6.07 Å². The van der Waals surface area contributed by atoms with Gasteiger partial charge in [-0.1, -0.05) is 30.3 Å². The van der Waals surface area contributed by atoms with Gasteiger partial charge in [-0.2, -0.15) is 0 Å². The molecule has 20 heavy (non-hydrogen) atoms. The Balaban J connectivity index is 2.06. The van der Waals surface area contributed by atoms with Gasteiger partial charge in [0.2, 0.25) is 0 Å². The first-order valence-electron chi connectivity index (χ1n) is 5.97. The van der Waals surface area contributed by atoms with Gasteiger partial charge in [0, 0.05) is 6.07 Å². The van der Waals surface area contributed by atoms with Crippen LogP contribution in [0.2, 0.25) is 0 Å². The van der Waals surface area contributed by atoms with Crippen molar-refractivity contribution in [1.29, 1.82) is 0 Å². The highest BCUT2D eigenvalue weighted by molar-refractivity contribution is 6.52. The summed E-state index contributed by atoms with van der Waals surface area (Å²) in [4.78, 5) is 24.8. The minimum Gasteiger partial charge on any atom is -0.300 e. The van der Waals surface area contributed by atoms with Crippen LogP contribution in [-0.4, -0.2) is 11.7 Å². The van der Waals surface area contributed by atoms with Crippen molar-refractivity contribution < 1.29 is 18.4 Å². The zero-order chi connectivity index (χ0) is 14.3. The second-order valence-electron chi connectivity index (χ2n) is 4.49. The molecule has 2 aromatic carbocycles. The zero-order valence-corrected chi connectivity index (χ0v) is 10.3. The maximum Gasteiger partial charge on any atom is 0.299 e. The number of benzene rings is 2. The van der Waals surface area contributed by atoms with E-state index in [1.165, 1.54) is 0 Å². The van der Waals surface area contributed by atoms with Gasteiger partial charge in [-0.15, -0.1) is 0 Å². The van der Waals surface area contributed by atoms with Crippen LogP contribution >= 0.6 is 0 Å². The van der Waals surface area contributed by atoms with E-state index in [0.717, 1.165) is 16.5 Å². The summed E-state index contributed by atoms with van der Waals surface area (Å²) < 4.78 is 26.9. The van der Waals surface area contributed by atoms with Gasteiger partial charge in [0.25, 0.3) is 11.7 Å². The molecule has 1 heterocycles. The molecule has 0 spiro atoms. The fourth-order valence-electron chi connectivity index (χ4n) is 2.26. The Hall–Kier alpha value is -2.56. The van der Waals surface area contributed by atoms with Crippen LogP contribution in [0, 0.1) is 11.6 Å². The molecule has 3 nitrogen and oxygen atoms in total. The van der Waals surface area contributed by atoms with Crippen LogP contribution in [0.4, 0.5) is 14.5 Å². The molecule has 5 heteroatoms. The van der Waals surface area contributed by atoms with Crippen molar-refractivity contribution in [3.63, 3.8) is 0 Å². The smallest absolute Gasteiger partial charge is 0.299 e. The lowest BCUT2D eigenvalue weighted by Gasteiger charge is -2.16. The van der Waals surface area contributed by atoms with Gasteiger partial charge in [-0.25, -0.2) is 8.78 Å². The zero-order valence-electron chi connectivity index (χ0n) is 10.3. The molecule has 0 fully saturated rings. The van der Waals surface area contributed by atoms with E-state index in [1.54, 1.807) is 24.3 Å².